The number of rotatable bonds is 3. The van der Waals surface area contributed by atoms with E-state index in [9.17, 15) is 4.79 Å². The molecule has 5 aromatic rings. The first kappa shape index (κ1) is 15.3. The third kappa shape index (κ3) is 2.60. The third-order valence-electron chi connectivity index (χ3n) is 4.24. The Hall–Kier alpha value is -2.96. The van der Waals surface area contributed by atoms with Crippen molar-refractivity contribution in [3.63, 3.8) is 0 Å². The number of nitrogens with one attached hydrogen (secondary N) is 2. The minimum atomic E-state index is -0.0925. The van der Waals surface area contributed by atoms with E-state index >= 15 is 0 Å². The van der Waals surface area contributed by atoms with E-state index in [1.54, 1.807) is 17.5 Å². The second-order valence-electron chi connectivity index (χ2n) is 5.94. The SMILES string of the molecule is O=C(Nc1cc(-c2cc3ccccc3s2)c2[nH]ncc2c1)c1cccs1. The van der Waals surface area contributed by atoms with Gasteiger partial charge in [-0.2, -0.15) is 5.10 Å². The molecule has 0 saturated heterocycles. The van der Waals surface area contributed by atoms with Crippen LogP contribution in [-0.4, -0.2) is 16.1 Å². The van der Waals surface area contributed by atoms with Crippen molar-refractivity contribution >= 4 is 55.3 Å². The number of carbonyl (C=O) groups is 1. The monoisotopic (exact) mass is 375 g/mol. The summed E-state index contributed by atoms with van der Waals surface area (Å²) >= 11 is 3.17. The van der Waals surface area contributed by atoms with Gasteiger partial charge < -0.3 is 5.32 Å². The Bertz CT molecular complexity index is 1200. The van der Waals surface area contributed by atoms with Crippen molar-refractivity contribution in [1.29, 1.82) is 0 Å². The summed E-state index contributed by atoms with van der Waals surface area (Å²) in [6.45, 7) is 0. The molecule has 2 aromatic carbocycles. The van der Waals surface area contributed by atoms with Gasteiger partial charge in [-0.15, -0.1) is 22.7 Å². The number of anilines is 1. The fourth-order valence-electron chi connectivity index (χ4n) is 3.04. The van der Waals surface area contributed by atoms with Crippen molar-refractivity contribution in [2.75, 3.05) is 5.32 Å². The summed E-state index contributed by atoms with van der Waals surface area (Å²) < 4.78 is 1.24. The Morgan fingerprint density at radius 3 is 2.81 bits per heavy atom. The van der Waals surface area contributed by atoms with E-state index in [4.69, 9.17) is 0 Å². The number of aromatic nitrogens is 2. The van der Waals surface area contributed by atoms with Crippen LogP contribution in [0.25, 0.3) is 31.4 Å². The first-order chi connectivity index (χ1) is 12.8. The Kier molecular flexibility index (Phi) is 3.58. The molecule has 126 valence electrons. The molecule has 0 aliphatic heterocycles. The first-order valence-corrected chi connectivity index (χ1v) is 9.78. The number of hydrogen-bond donors (Lipinski definition) is 2. The molecule has 6 heteroatoms. The number of thiophene rings is 2. The van der Waals surface area contributed by atoms with Crippen molar-refractivity contribution in [3.05, 3.63) is 71.1 Å². The molecule has 1 amide bonds. The van der Waals surface area contributed by atoms with Gasteiger partial charge in [-0.05, 0) is 41.1 Å². The minimum absolute atomic E-state index is 0.0925. The number of hydrogen-bond acceptors (Lipinski definition) is 4. The molecule has 4 nitrogen and oxygen atoms in total. The van der Waals surface area contributed by atoms with E-state index in [1.807, 2.05) is 41.8 Å². The van der Waals surface area contributed by atoms with E-state index < -0.39 is 0 Å². The predicted octanol–water partition coefficient (Wildman–Crippen LogP) is 5.76. The number of aromatic amines is 1. The summed E-state index contributed by atoms with van der Waals surface area (Å²) in [4.78, 5) is 14.3. The van der Waals surface area contributed by atoms with Crippen LogP contribution in [0.2, 0.25) is 0 Å². The molecule has 3 heterocycles. The van der Waals surface area contributed by atoms with Crippen LogP contribution in [-0.2, 0) is 0 Å². The van der Waals surface area contributed by atoms with Gasteiger partial charge in [0, 0.05) is 26.2 Å². The predicted molar refractivity (Wildman–Crippen MR) is 109 cm³/mol. The molecule has 0 aliphatic rings. The van der Waals surface area contributed by atoms with Crippen LogP contribution in [0, 0.1) is 0 Å². The fraction of sp³-hybridized carbons (Fsp3) is 0. The number of fused-ring (bicyclic) bond motifs is 2. The minimum Gasteiger partial charge on any atom is -0.321 e. The van der Waals surface area contributed by atoms with Gasteiger partial charge in [0.1, 0.15) is 0 Å². The number of amides is 1. The summed E-state index contributed by atoms with van der Waals surface area (Å²) in [6.07, 6.45) is 1.78. The number of carbonyl (C=O) groups excluding carboxylic acids is 1. The van der Waals surface area contributed by atoms with Crippen LogP contribution in [0.15, 0.2) is 66.2 Å². The van der Waals surface area contributed by atoms with Crippen LogP contribution >= 0.6 is 22.7 Å². The van der Waals surface area contributed by atoms with Gasteiger partial charge in [0.15, 0.2) is 0 Å². The smallest absolute Gasteiger partial charge is 0.265 e. The summed E-state index contributed by atoms with van der Waals surface area (Å²) in [6, 6.07) is 18.2. The Morgan fingerprint density at radius 2 is 1.96 bits per heavy atom. The highest BCUT2D eigenvalue weighted by Crippen LogP contribution is 2.38. The second-order valence-corrected chi connectivity index (χ2v) is 7.97. The zero-order valence-corrected chi connectivity index (χ0v) is 15.2. The van der Waals surface area contributed by atoms with E-state index in [-0.39, 0.29) is 5.91 Å². The molecule has 0 spiro atoms. The summed E-state index contributed by atoms with van der Waals surface area (Å²) in [5.74, 6) is -0.0925. The lowest BCUT2D eigenvalue weighted by Gasteiger charge is -2.07. The average Bonchev–Trinajstić information content (AvgIpc) is 3.39. The molecule has 2 N–H and O–H groups in total. The van der Waals surface area contributed by atoms with Gasteiger partial charge in [0.2, 0.25) is 0 Å². The molecule has 0 fully saturated rings. The van der Waals surface area contributed by atoms with Crippen LogP contribution in [0.3, 0.4) is 0 Å². The van der Waals surface area contributed by atoms with Crippen molar-refractivity contribution in [3.8, 4) is 10.4 Å². The molecular weight excluding hydrogens is 362 g/mol. The maximum Gasteiger partial charge on any atom is 0.265 e. The van der Waals surface area contributed by atoms with Crippen molar-refractivity contribution < 1.29 is 4.79 Å². The Balaban J connectivity index is 1.62. The zero-order chi connectivity index (χ0) is 17.5. The second kappa shape index (κ2) is 6.09. The molecule has 3 aromatic heterocycles. The van der Waals surface area contributed by atoms with Gasteiger partial charge >= 0.3 is 0 Å². The lowest BCUT2D eigenvalue weighted by atomic mass is 10.1. The maximum atomic E-state index is 12.4. The molecule has 0 saturated carbocycles. The van der Waals surface area contributed by atoms with Crippen LogP contribution in [0.5, 0.6) is 0 Å². The van der Waals surface area contributed by atoms with Crippen LogP contribution in [0.1, 0.15) is 9.67 Å². The standard InChI is InChI=1S/C20H13N3OS2/c24-20(17-6-3-7-25-17)22-14-8-13-11-21-23-19(13)15(10-14)18-9-12-4-1-2-5-16(12)26-18/h1-11H,(H,21,23)(H,22,24). The van der Waals surface area contributed by atoms with E-state index in [0.29, 0.717) is 4.88 Å². The molecule has 26 heavy (non-hydrogen) atoms. The van der Waals surface area contributed by atoms with Gasteiger partial charge in [0.25, 0.3) is 5.91 Å². The highest BCUT2D eigenvalue weighted by Gasteiger charge is 2.13. The number of benzene rings is 2. The van der Waals surface area contributed by atoms with E-state index in [1.165, 1.54) is 21.4 Å². The Labute approximate surface area is 157 Å². The largest absolute Gasteiger partial charge is 0.321 e. The van der Waals surface area contributed by atoms with Gasteiger partial charge in [-0.1, -0.05) is 24.3 Å². The molecule has 5 rings (SSSR count). The van der Waals surface area contributed by atoms with Crippen molar-refractivity contribution in [2.45, 2.75) is 0 Å². The number of H-pyrrole nitrogens is 1. The maximum absolute atomic E-state index is 12.4. The molecule has 0 bridgehead atoms. The van der Waals surface area contributed by atoms with Crippen LogP contribution < -0.4 is 5.32 Å². The molecule has 0 aliphatic carbocycles. The zero-order valence-electron chi connectivity index (χ0n) is 13.5. The van der Waals surface area contributed by atoms with Crippen molar-refractivity contribution in [1.82, 2.24) is 10.2 Å². The highest BCUT2D eigenvalue weighted by atomic mass is 32.1. The topological polar surface area (TPSA) is 57.8 Å². The first-order valence-electron chi connectivity index (χ1n) is 8.09. The lowest BCUT2D eigenvalue weighted by Crippen LogP contribution is -2.10. The summed E-state index contributed by atoms with van der Waals surface area (Å²) in [7, 11) is 0. The van der Waals surface area contributed by atoms with Gasteiger partial charge in [0.05, 0.1) is 16.6 Å². The Morgan fingerprint density at radius 1 is 1.04 bits per heavy atom. The fourth-order valence-corrected chi connectivity index (χ4v) is 4.74. The van der Waals surface area contributed by atoms with Gasteiger partial charge in [-0.25, -0.2) is 0 Å². The normalized spacial score (nSPS) is 11.2. The lowest BCUT2D eigenvalue weighted by molar-refractivity contribution is 0.103. The van der Waals surface area contributed by atoms with E-state index in [2.05, 4.69) is 33.7 Å². The molecule has 0 unspecified atom stereocenters. The van der Waals surface area contributed by atoms with Crippen molar-refractivity contribution in [2.24, 2.45) is 0 Å². The third-order valence-corrected chi connectivity index (χ3v) is 6.26. The van der Waals surface area contributed by atoms with E-state index in [0.717, 1.165) is 27.0 Å². The van der Waals surface area contributed by atoms with Gasteiger partial charge in [-0.3, -0.25) is 9.89 Å². The summed E-state index contributed by atoms with van der Waals surface area (Å²) in [5, 5.41) is 14.4. The molecule has 0 radical (unpaired) electrons. The quantitative estimate of drug-likeness (QED) is 0.421. The summed E-state index contributed by atoms with van der Waals surface area (Å²) in [5.41, 5.74) is 2.79. The average molecular weight is 375 g/mol. The molecule has 0 atom stereocenters. The highest BCUT2D eigenvalue weighted by molar-refractivity contribution is 7.22. The molecular formula is C20H13N3OS2. The number of nitrogens with zero attached hydrogens (tertiary/aromatic N) is 1. The van der Waals surface area contributed by atoms with Crippen LogP contribution in [0.4, 0.5) is 5.69 Å².